The van der Waals surface area contributed by atoms with Crippen molar-refractivity contribution in [3.05, 3.63) is 59.5 Å². The number of alkyl halides is 1. The first-order valence-corrected chi connectivity index (χ1v) is 6.19. The maximum absolute atomic E-state index is 13.1. The van der Waals surface area contributed by atoms with Gasteiger partial charge in [0.05, 0.1) is 12.1 Å². The van der Waals surface area contributed by atoms with Crippen LogP contribution in [0.5, 0.6) is 0 Å². The second-order valence-electron chi connectivity index (χ2n) is 4.11. The van der Waals surface area contributed by atoms with Crippen molar-refractivity contribution in [2.45, 2.75) is 12.4 Å². The van der Waals surface area contributed by atoms with Crippen molar-refractivity contribution in [2.75, 3.05) is 11.9 Å². The third-order valence-electron chi connectivity index (χ3n) is 2.68. The van der Waals surface area contributed by atoms with Crippen molar-refractivity contribution in [3.63, 3.8) is 0 Å². The van der Waals surface area contributed by atoms with Gasteiger partial charge in [0.2, 0.25) is 0 Å². The summed E-state index contributed by atoms with van der Waals surface area (Å²) in [5, 5.41) is 0. The van der Waals surface area contributed by atoms with Gasteiger partial charge >= 0.3 is 0 Å². The van der Waals surface area contributed by atoms with E-state index >= 15 is 0 Å². The van der Waals surface area contributed by atoms with Gasteiger partial charge in [-0.3, -0.25) is 0 Å². The first-order chi connectivity index (χ1) is 8.70. The van der Waals surface area contributed by atoms with E-state index in [1.165, 1.54) is 17.8 Å². The summed E-state index contributed by atoms with van der Waals surface area (Å²) in [5.74, 6) is 0.608. The van der Waals surface area contributed by atoms with Gasteiger partial charge in [0.25, 0.3) is 0 Å². The molecule has 1 heterocycles. The van der Waals surface area contributed by atoms with Gasteiger partial charge in [-0.25, -0.2) is 9.37 Å². The van der Waals surface area contributed by atoms with E-state index in [2.05, 4.69) is 4.98 Å². The van der Waals surface area contributed by atoms with E-state index in [4.69, 9.17) is 11.6 Å². The fourth-order valence-corrected chi connectivity index (χ4v) is 2.04. The predicted octanol–water partition coefficient (Wildman–Crippen LogP) is 3.60. The van der Waals surface area contributed by atoms with Crippen molar-refractivity contribution < 1.29 is 4.39 Å². The molecule has 0 atom stereocenters. The normalized spacial score (nSPS) is 10.4. The van der Waals surface area contributed by atoms with Crippen LogP contribution >= 0.6 is 11.6 Å². The quantitative estimate of drug-likeness (QED) is 0.785. The largest absolute Gasteiger partial charge is 0.355 e. The van der Waals surface area contributed by atoms with E-state index in [0.29, 0.717) is 12.1 Å². The lowest BCUT2D eigenvalue weighted by Crippen LogP contribution is -2.19. The molecular weight excluding hydrogens is 251 g/mol. The van der Waals surface area contributed by atoms with Gasteiger partial charge in [0.1, 0.15) is 11.6 Å². The van der Waals surface area contributed by atoms with Crippen molar-refractivity contribution in [1.29, 1.82) is 0 Å². The maximum atomic E-state index is 13.1. The molecule has 2 aromatic rings. The van der Waals surface area contributed by atoms with Crippen LogP contribution in [0, 0.1) is 5.82 Å². The summed E-state index contributed by atoms with van der Waals surface area (Å²) in [7, 11) is 1.92. The minimum atomic E-state index is -0.359. The Hall–Kier alpha value is -1.61. The molecule has 2 nitrogen and oxygen atoms in total. The Morgan fingerprint density at radius 2 is 2.00 bits per heavy atom. The minimum Gasteiger partial charge on any atom is -0.355 e. The van der Waals surface area contributed by atoms with Crippen LogP contribution < -0.4 is 4.90 Å². The van der Waals surface area contributed by atoms with Gasteiger partial charge in [0, 0.05) is 19.2 Å². The van der Waals surface area contributed by atoms with Gasteiger partial charge in [-0.2, -0.15) is 0 Å². The van der Waals surface area contributed by atoms with Crippen LogP contribution in [0.25, 0.3) is 0 Å². The summed E-state index contributed by atoms with van der Waals surface area (Å²) >= 11 is 5.82. The molecule has 0 radical (unpaired) electrons. The average Bonchev–Trinajstić information content (AvgIpc) is 2.39. The first kappa shape index (κ1) is 12.8. The summed E-state index contributed by atoms with van der Waals surface area (Å²) in [6.45, 7) is 0.712. The molecule has 18 heavy (non-hydrogen) atoms. The number of anilines is 1. The number of halogens is 2. The number of benzene rings is 1. The van der Waals surface area contributed by atoms with Crippen LogP contribution in [-0.2, 0) is 12.4 Å². The molecule has 0 aliphatic heterocycles. The van der Waals surface area contributed by atoms with E-state index in [1.807, 2.05) is 42.3 Å². The lowest BCUT2D eigenvalue weighted by atomic mass is 10.2. The Morgan fingerprint density at radius 3 is 2.67 bits per heavy atom. The molecule has 0 saturated carbocycles. The van der Waals surface area contributed by atoms with Gasteiger partial charge in [-0.15, -0.1) is 11.6 Å². The van der Waals surface area contributed by atoms with Gasteiger partial charge in [-0.1, -0.05) is 30.3 Å². The molecule has 0 saturated heterocycles. The maximum Gasteiger partial charge on any atom is 0.141 e. The first-order valence-electron chi connectivity index (χ1n) is 5.66. The molecule has 2 rings (SSSR count). The molecule has 0 bridgehead atoms. The summed E-state index contributed by atoms with van der Waals surface area (Å²) in [6.07, 6.45) is 1.22. The molecule has 1 aromatic heterocycles. The molecular formula is C14H14ClFN2. The molecule has 0 aliphatic carbocycles. The second kappa shape index (κ2) is 5.83. The molecule has 0 amide bonds. The zero-order valence-electron chi connectivity index (χ0n) is 10.1. The summed E-state index contributed by atoms with van der Waals surface area (Å²) in [5.41, 5.74) is 1.88. The van der Waals surface area contributed by atoms with Crippen molar-refractivity contribution in [2.24, 2.45) is 0 Å². The Morgan fingerprint density at radius 1 is 1.28 bits per heavy atom. The Bertz CT molecular complexity index is 516. The highest BCUT2D eigenvalue weighted by molar-refractivity contribution is 6.17. The third kappa shape index (κ3) is 2.99. The van der Waals surface area contributed by atoms with Crippen molar-refractivity contribution in [3.8, 4) is 0 Å². The Labute approximate surface area is 111 Å². The summed E-state index contributed by atoms with van der Waals surface area (Å²) in [6, 6.07) is 11.5. The molecule has 0 aliphatic rings. The topological polar surface area (TPSA) is 16.1 Å². The lowest BCUT2D eigenvalue weighted by Gasteiger charge is -2.20. The van der Waals surface area contributed by atoms with Crippen LogP contribution in [0.4, 0.5) is 10.2 Å². The fourth-order valence-electron chi connectivity index (χ4n) is 1.85. The second-order valence-corrected chi connectivity index (χ2v) is 4.38. The fraction of sp³-hybridized carbons (Fsp3) is 0.214. The van der Waals surface area contributed by atoms with Crippen LogP contribution in [-0.4, -0.2) is 12.0 Å². The van der Waals surface area contributed by atoms with Crippen molar-refractivity contribution in [1.82, 2.24) is 4.98 Å². The van der Waals surface area contributed by atoms with Crippen LogP contribution in [0.3, 0.4) is 0 Å². The predicted molar refractivity (Wildman–Crippen MR) is 72.3 cm³/mol. The number of hydrogen-bond acceptors (Lipinski definition) is 2. The third-order valence-corrected chi connectivity index (χ3v) is 2.97. The highest BCUT2D eigenvalue weighted by Gasteiger charge is 2.10. The van der Waals surface area contributed by atoms with E-state index in [-0.39, 0.29) is 11.7 Å². The molecule has 1 aromatic carbocycles. The van der Waals surface area contributed by atoms with E-state index < -0.39 is 0 Å². The molecule has 0 N–H and O–H groups in total. The molecule has 94 valence electrons. The zero-order valence-corrected chi connectivity index (χ0v) is 10.9. The highest BCUT2D eigenvalue weighted by atomic mass is 35.5. The van der Waals surface area contributed by atoms with Gasteiger partial charge < -0.3 is 4.90 Å². The van der Waals surface area contributed by atoms with E-state index in [1.54, 1.807) is 0 Å². The SMILES string of the molecule is CN(Cc1ccccc1)c1ncc(F)cc1CCl. The Balaban J connectivity index is 2.21. The summed E-state index contributed by atoms with van der Waals surface area (Å²) < 4.78 is 13.1. The number of pyridine rings is 1. The highest BCUT2D eigenvalue weighted by Crippen LogP contribution is 2.20. The van der Waals surface area contributed by atoms with E-state index in [9.17, 15) is 4.39 Å². The number of aromatic nitrogens is 1. The average molecular weight is 265 g/mol. The zero-order chi connectivity index (χ0) is 13.0. The Kier molecular flexibility index (Phi) is 4.15. The molecule has 0 spiro atoms. The molecule has 4 heteroatoms. The van der Waals surface area contributed by atoms with Crippen molar-refractivity contribution >= 4 is 17.4 Å². The molecule has 0 fully saturated rings. The van der Waals surface area contributed by atoms with Crippen LogP contribution in [0.2, 0.25) is 0 Å². The lowest BCUT2D eigenvalue weighted by molar-refractivity contribution is 0.619. The summed E-state index contributed by atoms with van der Waals surface area (Å²) in [4.78, 5) is 6.08. The van der Waals surface area contributed by atoms with Gasteiger partial charge in [-0.05, 0) is 11.6 Å². The van der Waals surface area contributed by atoms with Gasteiger partial charge in [0.15, 0.2) is 0 Å². The smallest absolute Gasteiger partial charge is 0.141 e. The monoisotopic (exact) mass is 264 g/mol. The minimum absolute atomic E-state index is 0.249. The standard InChI is InChI=1S/C14H14ClFN2/c1-18(10-11-5-3-2-4-6-11)14-12(8-15)7-13(16)9-17-14/h2-7,9H,8,10H2,1H3. The number of nitrogens with zero attached hydrogens (tertiary/aromatic N) is 2. The molecule has 0 unspecified atom stereocenters. The van der Waals surface area contributed by atoms with Crippen LogP contribution in [0.15, 0.2) is 42.6 Å². The number of hydrogen-bond donors (Lipinski definition) is 0. The number of rotatable bonds is 4. The van der Waals surface area contributed by atoms with E-state index in [0.717, 1.165) is 5.82 Å². The van der Waals surface area contributed by atoms with Crippen LogP contribution in [0.1, 0.15) is 11.1 Å².